The van der Waals surface area contributed by atoms with Gasteiger partial charge < -0.3 is 4.90 Å². The summed E-state index contributed by atoms with van der Waals surface area (Å²) in [6, 6.07) is 0. The topological polar surface area (TPSA) is 29.0 Å². The van der Waals surface area contributed by atoms with Crippen molar-refractivity contribution in [2.45, 2.75) is 6.42 Å². The standard InChI is InChI=1S/C7H8IN3/c8-6-4-9-7(10-5-6)11-2-1-3-11/h4-5H,1-3H2. The molecule has 11 heavy (non-hydrogen) atoms. The van der Waals surface area contributed by atoms with Crippen LogP contribution in [-0.2, 0) is 0 Å². The first kappa shape index (κ1) is 7.27. The van der Waals surface area contributed by atoms with E-state index in [1.54, 1.807) is 0 Å². The summed E-state index contributed by atoms with van der Waals surface area (Å²) in [6.45, 7) is 2.22. The first-order valence-electron chi connectivity index (χ1n) is 3.59. The third-order valence-electron chi connectivity index (χ3n) is 1.75. The molecule has 0 spiro atoms. The molecule has 0 unspecified atom stereocenters. The van der Waals surface area contributed by atoms with Gasteiger partial charge in [0.25, 0.3) is 0 Å². The highest BCUT2D eigenvalue weighted by Gasteiger charge is 2.15. The zero-order chi connectivity index (χ0) is 7.68. The van der Waals surface area contributed by atoms with Gasteiger partial charge in [0, 0.05) is 29.1 Å². The summed E-state index contributed by atoms with van der Waals surface area (Å²) < 4.78 is 1.09. The number of aromatic nitrogens is 2. The average molecular weight is 261 g/mol. The van der Waals surface area contributed by atoms with E-state index in [1.165, 1.54) is 6.42 Å². The predicted octanol–water partition coefficient (Wildman–Crippen LogP) is 1.29. The Morgan fingerprint density at radius 1 is 1.27 bits per heavy atom. The molecule has 58 valence electrons. The quantitative estimate of drug-likeness (QED) is 0.713. The minimum atomic E-state index is 0.872. The second-order valence-corrected chi connectivity index (χ2v) is 3.79. The Labute approximate surface area is 79.0 Å². The van der Waals surface area contributed by atoms with E-state index in [1.807, 2.05) is 12.4 Å². The van der Waals surface area contributed by atoms with Gasteiger partial charge in [0.1, 0.15) is 0 Å². The smallest absolute Gasteiger partial charge is 0.225 e. The molecule has 0 amide bonds. The lowest BCUT2D eigenvalue weighted by Gasteiger charge is -2.30. The molecule has 1 fully saturated rings. The van der Waals surface area contributed by atoms with Gasteiger partial charge in [-0.2, -0.15) is 0 Å². The Kier molecular flexibility index (Phi) is 1.93. The lowest BCUT2D eigenvalue weighted by molar-refractivity contribution is 0.600. The minimum Gasteiger partial charge on any atom is -0.341 e. The van der Waals surface area contributed by atoms with Crippen LogP contribution >= 0.6 is 22.6 Å². The molecule has 0 aromatic carbocycles. The van der Waals surface area contributed by atoms with E-state index < -0.39 is 0 Å². The highest BCUT2D eigenvalue weighted by atomic mass is 127. The van der Waals surface area contributed by atoms with E-state index in [-0.39, 0.29) is 0 Å². The van der Waals surface area contributed by atoms with Crippen molar-refractivity contribution >= 4 is 28.5 Å². The molecule has 0 bridgehead atoms. The molecule has 1 aromatic heterocycles. The van der Waals surface area contributed by atoms with Gasteiger partial charge in [-0.15, -0.1) is 0 Å². The molecule has 0 saturated carbocycles. The van der Waals surface area contributed by atoms with E-state index in [2.05, 4.69) is 37.5 Å². The summed E-state index contributed by atoms with van der Waals surface area (Å²) in [5.41, 5.74) is 0. The number of rotatable bonds is 1. The van der Waals surface area contributed by atoms with Crippen molar-refractivity contribution in [3.05, 3.63) is 16.0 Å². The van der Waals surface area contributed by atoms with Crippen LogP contribution in [0.5, 0.6) is 0 Å². The molecular formula is C7H8IN3. The van der Waals surface area contributed by atoms with Crippen LogP contribution in [0.2, 0.25) is 0 Å². The van der Waals surface area contributed by atoms with Crippen LogP contribution in [0.25, 0.3) is 0 Å². The van der Waals surface area contributed by atoms with Gasteiger partial charge >= 0.3 is 0 Å². The average Bonchev–Trinajstić information content (AvgIpc) is 1.90. The molecule has 0 radical (unpaired) electrons. The van der Waals surface area contributed by atoms with Crippen LogP contribution in [0.1, 0.15) is 6.42 Å². The SMILES string of the molecule is Ic1cnc(N2CCC2)nc1. The summed E-state index contributed by atoms with van der Waals surface area (Å²) in [6.07, 6.45) is 4.97. The zero-order valence-electron chi connectivity index (χ0n) is 6.00. The number of halogens is 1. The minimum absolute atomic E-state index is 0.872. The van der Waals surface area contributed by atoms with Gasteiger partial charge in [-0.1, -0.05) is 0 Å². The Morgan fingerprint density at radius 2 is 1.91 bits per heavy atom. The Morgan fingerprint density at radius 3 is 2.36 bits per heavy atom. The zero-order valence-corrected chi connectivity index (χ0v) is 8.15. The van der Waals surface area contributed by atoms with Crippen molar-refractivity contribution in [1.29, 1.82) is 0 Å². The highest BCUT2D eigenvalue weighted by molar-refractivity contribution is 14.1. The van der Waals surface area contributed by atoms with Gasteiger partial charge in [-0.25, -0.2) is 9.97 Å². The third-order valence-corrected chi connectivity index (χ3v) is 2.30. The van der Waals surface area contributed by atoms with Gasteiger partial charge in [0.05, 0.1) is 0 Å². The van der Waals surface area contributed by atoms with E-state index >= 15 is 0 Å². The monoisotopic (exact) mass is 261 g/mol. The molecule has 1 aromatic rings. The molecule has 0 N–H and O–H groups in total. The van der Waals surface area contributed by atoms with Crippen molar-refractivity contribution in [2.24, 2.45) is 0 Å². The van der Waals surface area contributed by atoms with E-state index in [0.717, 1.165) is 22.6 Å². The van der Waals surface area contributed by atoms with Crippen molar-refractivity contribution < 1.29 is 0 Å². The van der Waals surface area contributed by atoms with Crippen LogP contribution in [0.15, 0.2) is 12.4 Å². The van der Waals surface area contributed by atoms with E-state index in [4.69, 9.17) is 0 Å². The van der Waals surface area contributed by atoms with Crippen molar-refractivity contribution in [3.8, 4) is 0 Å². The van der Waals surface area contributed by atoms with Gasteiger partial charge in [-0.3, -0.25) is 0 Å². The number of nitrogens with zero attached hydrogens (tertiary/aromatic N) is 3. The summed E-state index contributed by atoms with van der Waals surface area (Å²) in [7, 11) is 0. The molecular weight excluding hydrogens is 253 g/mol. The van der Waals surface area contributed by atoms with E-state index in [0.29, 0.717) is 0 Å². The van der Waals surface area contributed by atoms with E-state index in [9.17, 15) is 0 Å². The maximum absolute atomic E-state index is 4.21. The molecule has 3 nitrogen and oxygen atoms in total. The maximum atomic E-state index is 4.21. The molecule has 1 aliphatic rings. The Bertz CT molecular complexity index is 242. The lowest BCUT2D eigenvalue weighted by atomic mass is 10.2. The Balaban J connectivity index is 2.18. The second kappa shape index (κ2) is 2.92. The second-order valence-electron chi connectivity index (χ2n) is 2.54. The summed E-state index contributed by atoms with van der Waals surface area (Å²) >= 11 is 2.21. The van der Waals surface area contributed by atoms with Crippen molar-refractivity contribution in [2.75, 3.05) is 18.0 Å². The predicted molar refractivity (Wildman–Crippen MR) is 51.6 cm³/mol. The number of anilines is 1. The highest BCUT2D eigenvalue weighted by Crippen LogP contribution is 2.14. The molecule has 0 aliphatic carbocycles. The van der Waals surface area contributed by atoms with Crippen LogP contribution in [0.4, 0.5) is 5.95 Å². The molecule has 1 saturated heterocycles. The first-order valence-corrected chi connectivity index (χ1v) is 4.66. The summed E-state index contributed by atoms with van der Waals surface area (Å²) in [4.78, 5) is 10.6. The maximum Gasteiger partial charge on any atom is 0.225 e. The number of hydrogen-bond acceptors (Lipinski definition) is 3. The number of hydrogen-bond donors (Lipinski definition) is 0. The van der Waals surface area contributed by atoms with Crippen molar-refractivity contribution in [1.82, 2.24) is 9.97 Å². The molecule has 1 aliphatic heterocycles. The fraction of sp³-hybridized carbons (Fsp3) is 0.429. The van der Waals surface area contributed by atoms with Gasteiger partial charge in [0.15, 0.2) is 0 Å². The first-order chi connectivity index (χ1) is 5.36. The van der Waals surface area contributed by atoms with Crippen molar-refractivity contribution in [3.63, 3.8) is 0 Å². The Hall–Kier alpha value is -0.390. The fourth-order valence-corrected chi connectivity index (χ4v) is 1.26. The summed E-state index contributed by atoms with van der Waals surface area (Å²) in [5, 5.41) is 0. The molecule has 4 heteroatoms. The molecule has 2 heterocycles. The normalized spacial score (nSPS) is 16.3. The lowest BCUT2D eigenvalue weighted by Crippen LogP contribution is -2.38. The van der Waals surface area contributed by atoms with Crippen LogP contribution in [0.3, 0.4) is 0 Å². The fourth-order valence-electron chi connectivity index (χ4n) is 0.985. The molecule has 0 atom stereocenters. The van der Waals surface area contributed by atoms with Crippen LogP contribution in [0, 0.1) is 3.57 Å². The third kappa shape index (κ3) is 1.45. The van der Waals surface area contributed by atoms with Gasteiger partial charge in [-0.05, 0) is 29.0 Å². The molecule has 2 rings (SSSR count). The van der Waals surface area contributed by atoms with Gasteiger partial charge in [0.2, 0.25) is 5.95 Å². The van der Waals surface area contributed by atoms with Crippen LogP contribution < -0.4 is 4.90 Å². The summed E-state index contributed by atoms with van der Waals surface area (Å²) in [5.74, 6) is 0.872. The van der Waals surface area contributed by atoms with Crippen LogP contribution in [-0.4, -0.2) is 23.1 Å². The largest absolute Gasteiger partial charge is 0.341 e.